The number of aryl methyl sites for hydroxylation is 1. The average Bonchev–Trinajstić information content (AvgIpc) is 3.34. The van der Waals surface area contributed by atoms with Crippen molar-refractivity contribution in [1.82, 2.24) is 0 Å². The number of anilines is 2. The molecule has 0 saturated heterocycles. The van der Waals surface area contributed by atoms with Gasteiger partial charge in [0.25, 0.3) is 0 Å². The molecule has 33 heavy (non-hydrogen) atoms. The second-order valence-electron chi connectivity index (χ2n) is 7.55. The fourth-order valence-electron chi connectivity index (χ4n) is 3.59. The average molecular weight is 477 g/mol. The first-order valence-electron chi connectivity index (χ1n) is 10.6. The number of nitrogens with one attached hydrogen (secondary N) is 2. The van der Waals surface area contributed by atoms with E-state index in [9.17, 15) is 13.2 Å². The van der Waals surface area contributed by atoms with Gasteiger partial charge in [0.05, 0.1) is 16.3 Å². The van der Waals surface area contributed by atoms with E-state index in [1.54, 1.807) is 24.3 Å². The third kappa shape index (κ3) is 5.50. The number of para-hydroxylation sites is 1. The molecule has 0 aliphatic heterocycles. The highest BCUT2D eigenvalue weighted by atomic mass is 32.2. The van der Waals surface area contributed by atoms with Crippen LogP contribution in [0.4, 0.5) is 16.2 Å². The monoisotopic (exact) mass is 476 g/mol. The summed E-state index contributed by atoms with van der Waals surface area (Å²) in [6.45, 7) is 2.02. The summed E-state index contributed by atoms with van der Waals surface area (Å²) in [5.74, 6) is -0.110. The lowest BCUT2D eigenvalue weighted by Gasteiger charge is -2.15. The maximum atomic E-state index is 13.1. The van der Waals surface area contributed by atoms with E-state index in [2.05, 4.69) is 10.6 Å². The molecule has 5 nitrogen and oxygen atoms in total. The Morgan fingerprint density at radius 1 is 0.879 bits per heavy atom. The molecule has 4 rings (SSSR count). The van der Waals surface area contributed by atoms with E-state index in [0.29, 0.717) is 11.3 Å². The third-order valence-corrected chi connectivity index (χ3v) is 7.65. The number of hydrogen-bond donors (Lipinski definition) is 2. The van der Waals surface area contributed by atoms with Gasteiger partial charge in [-0.05, 0) is 58.1 Å². The Balaban J connectivity index is 1.65. The first-order chi connectivity index (χ1) is 16.0. The highest BCUT2D eigenvalue weighted by Crippen LogP contribution is 2.33. The smallest absolute Gasteiger partial charge is 0.307 e. The normalized spacial score (nSPS) is 11.2. The second-order valence-corrected chi connectivity index (χ2v) is 10.3. The molecular weight excluding hydrogens is 452 g/mol. The van der Waals surface area contributed by atoms with E-state index < -0.39 is 15.9 Å². The lowest BCUT2D eigenvalue weighted by Crippen LogP contribution is -2.21. The maximum Gasteiger partial charge on any atom is 0.323 e. The van der Waals surface area contributed by atoms with E-state index in [0.717, 1.165) is 28.8 Å². The van der Waals surface area contributed by atoms with Gasteiger partial charge in [-0.2, -0.15) is 11.3 Å². The van der Waals surface area contributed by atoms with Crippen LogP contribution in [0.25, 0.3) is 11.1 Å². The highest BCUT2D eigenvalue weighted by molar-refractivity contribution is 7.90. The Bertz CT molecular complexity index is 1350. The topological polar surface area (TPSA) is 75.3 Å². The minimum Gasteiger partial charge on any atom is -0.307 e. The first-order valence-corrected chi connectivity index (χ1v) is 13.1. The summed E-state index contributed by atoms with van der Waals surface area (Å²) in [6, 6.07) is 23.0. The number of urea groups is 1. The number of amides is 2. The zero-order valence-corrected chi connectivity index (χ0v) is 19.7. The molecule has 0 spiro atoms. The van der Waals surface area contributed by atoms with Crippen LogP contribution in [0, 0.1) is 0 Å². The minimum absolute atomic E-state index is 0.110. The van der Waals surface area contributed by atoms with Crippen LogP contribution in [-0.2, 0) is 22.0 Å². The Morgan fingerprint density at radius 2 is 1.61 bits per heavy atom. The molecule has 0 saturated carbocycles. The van der Waals surface area contributed by atoms with E-state index in [1.807, 2.05) is 66.2 Å². The van der Waals surface area contributed by atoms with Crippen molar-refractivity contribution in [3.63, 3.8) is 0 Å². The summed E-state index contributed by atoms with van der Waals surface area (Å²) in [6.07, 6.45) is 0.782. The molecule has 168 valence electrons. The number of benzene rings is 3. The Labute approximate surface area is 198 Å². The molecule has 0 bridgehead atoms. The van der Waals surface area contributed by atoms with Gasteiger partial charge >= 0.3 is 6.03 Å². The largest absolute Gasteiger partial charge is 0.323 e. The minimum atomic E-state index is -3.60. The molecule has 2 amide bonds. The van der Waals surface area contributed by atoms with Gasteiger partial charge < -0.3 is 10.6 Å². The molecule has 0 aliphatic carbocycles. The third-order valence-electron chi connectivity index (χ3n) is 5.28. The van der Waals surface area contributed by atoms with Crippen molar-refractivity contribution in [3.8, 4) is 11.1 Å². The highest BCUT2D eigenvalue weighted by Gasteiger charge is 2.19. The van der Waals surface area contributed by atoms with Crippen LogP contribution in [-0.4, -0.2) is 14.4 Å². The van der Waals surface area contributed by atoms with Gasteiger partial charge in [0.2, 0.25) is 0 Å². The fourth-order valence-corrected chi connectivity index (χ4v) is 5.62. The van der Waals surface area contributed by atoms with Crippen LogP contribution in [0.1, 0.15) is 18.1 Å². The van der Waals surface area contributed by atoms with Gasteiger partial charge in [-0.15, -0.1) is 0 Å². The molecule has 3 aromatic carbocycles. The molecule has 1 heterocycles. The summed E-state index contributed by atoms with van der Waals surface area (Å²) >= 11 is 1.53. The molecule has 0 aliphatic rings. The molecule has 0 radical (unpaired) electrons. The molecular formula is C26H24N2O3S2. The molecule has 4 aromatic rings. The van der Waals surface area contributed by atoms with Crippen LogP contribution in [0.15, 0.2) is 94.5 Å². The number of hydrogen-bond acceptors (Lipinski definition) is 4. The van der Waals surface area contributed by atoms with Crippen molar-refractivity contribution in [2.24, 2.45) is 0 Å². The SMILES string of the molecule is CCc1ccccc1NC(=O)Nc1cc(S(=O)(=O)Cc2ccccc2)ccc1-c1ccsc1. The van der Waals surface area contributed by atoms with E-state index in [4.69, 9.17) is 0 Å². The molecule has 2 N–H and O–H groups in total. The number of carbonyl (C=O) groups is 1. The number of rotatable bonds is 7. The summed E-state index contributed by atoms with van der Waals surface area (Å²) in [7, 11) is -3.60. The summed E-state index contributed by atoms with van der Waals surface area (Å²) in [4.78, 5) is 13.0. The van der Waals surface area contributed by atoms with Crippen molar-refractivity contribution >= 4 is 38.6 Å². The van der Waals surface area contributed by atoms with Crippen molar-refractivity contribution in [1.29, 1.82) is 0 Å². The summed E-state index contributed by atoms with van der Waals surface area (Å²) in [5, 5.41) is 9.65. The fraction of sp³-hybridized carbons (Fsp3) is 0.115. The van der Waals surface area contributed by atoms with Crippen molar-refractivity contribution in [2.75, 3.05) is 10.6 Å². The molecule has 0 unspecified atom stereocenters. The molecule has 1 aromatic heterocycles. The Hall–Kier alpha value is -3.42. The lowest BCUT2D eigenvalue weighted by atomic mass is 10.1. The number of thiophene rings is 1. The second kappa shape index (κ2) is 10.0. The van der Waals surface area contributed by atoms with E-state index in [-0.39, 0.29) is 10.6 Å². The van der Waals surface area contributed by atoms with Crippen LogP contribution >= 0.6 is 11.3 Å². The lowest BCUT2D eigenvalue weighted by molar-refractivity contribution is 0.262. The Kier molecular flexibility index (Phi) is 6.91. The predicted molar refractivity (Wildman–Crippen MR) is 136 cm³/mol. The number of sulfone groups is 1. The van der Waals surface area contributed by atoms with Gasteiger partial charge in [-0.3, -0.25) is 0 Å². The summed E-state index contributed by atoms with van der Waals surface area (Å²) < 4.78 is 26.2. The van der Waals surface area contributed by atoms with E-state index in [1.165, 1.54) is 17.4 Å². The van der Waals surface area contributed by atoms with Crippen LogP contribution in [0.5, 0.6) is 0 Å². The number of carbonyl (C=O) groups excluding carboxylic acids is 1. The van der Waals surface area contributed by atoms with Crippen LogP contribution in [0.2, 0.25) is 0 Å². The van der Waals surface area contributed by atoms with Crippen molar-refractivity contribution < 1.29 is 13.2 Å². The van der Waals surface area contributed by atoms with Crippen molar-refractivity contribution in [3.05, 3.63) is 101 Å². The van der Waals surface area contributed by atoms with Crippen molar-refractivity contribution in [2.45, 2.75) is 24.0 Å². The van der Waals surface area contributed by atoms with Gasteiger partial charge in [0.1, 0.15) is 0 Å². The van der Waals surface area contributed by atoms with Gasteiger partial charge in [0.15, 0.2) is 9.84 Å². The molecule has 7 heteroatoms. The Morgan fingerprint density at radius 3 is 2.33 bits per heavy atom. The zero-order chi connectivity index (χ0) is 23.3. The van der Waals surface area contributed by atoms with Gasteiger partial charge in [-0.1, -0.05) is 61.5 Å². The predicted octanol–water partition coefficient (Wildman–Crippen LogP) is 6.60. The zero-order valence-electron chi connectivity index (χ0n) is 18.1. The van der Waals surface area contributed by atoms with Gasteiger partial charge in [-0.25, -0.2) is 13.2 Å². The maximum absolute atomic E-state index is 13.1. The van der Waals surface area contributed by atoms with Crippen LogP contribution in [0.3, 0.4) is 0 Å². The van der Waals surface area contributed by atoms with Crippen LogP contribution < -0.4 is 10.6 Å². The first kappa shape index (κ1) is 22.8. The molecule has 0 atom stereocenters. The van der Waals surface area contributed by atoms with Gasteiger partial charge in [0, 0.05) is 11.3 Å². The quantitative estimate of drug-likeness (QED) is 0.316. The standard InChI is InChI=1S/C26H24N2O3S2/c1-2-20-10-6-7-11-24(20)27-26(29)28-25-16-22(12-13-23(25)21-14-15-32-17-21)33(30,31)18-19-8-4-3-5-9-19/h3-17H,2,18H2,1H3,(H2,27,28,29). The van der Waals surface area contributed by atoms with E-state index >= 15 is 0 Å². The molecule has 0 fully saturated rings. The summed E-state index contributed by atoms with van der Waals surface area (Å²) in [5.41, 5.74) is 4.56.